The summed E-state index contributed by atoms with van der Waals surface area (Å²) in [4.78, 5) is 0. The smallest absolute Gasteiger partial charge is 0.0684 e. The van der Waals surface area contributed by atoms with Crippen molar-refractivity contribution in [3.63, 3.8) is 0 Å². The molecule has 0 saturated heterocycles. The van der Waals surface area contributed by atoms with E-state index in [0.717, 1.165) is 5.69 Å². The Balaban J connectivity index is 2.66. The van der Waals surface area contributed by atoms with Crippen molar-refractivity contribution in [2.75, 3.05) is 11.9 Å². The number of aliphatic hydroxyl groups excluding tert-OH is 1. The maximum atomic E-state index is 9.09. The quantitative estimate of drug-likeness (QED) is 0.744. The molecule has 0 amide bonds. The Morgan fingerprint density at radius 1 is 1.23 bits per heavy atom. The van der Waals surface area contributed by atoms with E-state index in [4.69, 9.17) is 5.11 Å². The largest absolute Gasteiger partial charge is 0.392 e. The van der Waals surface area contributed by atoms with E-state index in [1.54, 1.807) is 6.92 Å². The van der Waals surface area contributed by atoms with E-state index in [0.29, 0.717) is 6.54 Å². The average Bonchev–Trinajstić information content (AvgIpc) is 1.99. The fourth-order valence-corrected chi connectivity index (χ4v) is 1.34. The Morgan fingerprint density at radius 3 is 2.23 bits per heavy atom. The van der Waals surface area contributed by atoms with Crippen molar-refractivity contribution < 1.29 is 5.11 Å². The van der Waals surface area contributed by atoms with Gasteiger partial charge in [-0.1, -0.05) is 6.07 Å². The minimum Gasteiger partial charge on any atom is -0.392 e. The Bertz CT molecular complexity index is 261. The summed E-state index contributed by atoms with van der Waals surface area (Å²) in [5.41, 5.74) is 3.57. The molecule has 1 aromatic carbocycles. The summed E-state index contributed by atoms with van der Waals surface area (Å²) < 4.78 is 0. The summed E-state index contributed by atoms with van der Waals surface area (Å²) in [6.07, 6.45) is -0.305. The molecule has 0 aliphatic rings. The molecule has 72 valence electrons. The normalized spacial score (nSPS) is 12.6. The molecule has 1 rings (SSSR count). The van der Waals surface area contributed by atoms with Crippen LogP contribution >= 0.6 is 0 Å². The highest BCUT2D eigenvalue weighted by atomic mass is 16.3. The molecule has 0 fully saturated rings. The summed E-state index contributed by atoms with van der Waals surface area (Å²) in [7, 11) is 0. The standard InChI is InChI=1S/C11H17NO/c1-8-4-9(2)6-11(5-8)12-7-10(3)13/h4-6,10,12-13H,7H2,1-3H3/t10-/m0/s1. The number of nitrogens with one attached hydrogen (secondary N) is 1. The van der Waals surface area contributed by atoms with Crippen LogP contribution in [0.25, 0.3) is 0 Å². The van der Waals surface area contributed by atoms with Gasteiger partial charge < -0.3 is 10.4 Å². The minimum absolute atomic E-state index is 0.305. The van der Waals surface area contributed by atoms with Gasteiger partial charge in [0, 0.05) is 12.2 Å². The molecule has 1 atom stereocenters. The maximum absolute atomic E-state index is 9.09. The van der Waals surface area contributed by atoms with Crippen LogP contribution in [0.3, 0.4) is 0 Å². The van der Waals surface area contributed by atoms with Crippen LogP contribution in [-0.2, 0) is 0 Å². The molecular weight excluding hydrogens is 162 g/mol. The molecule has 2 nitrogen and oxygen atoms in total. The lowest BCUT2D eigenvalue weighted by Gasteiger charge is -2.09. The molecule has 0 unspecified atom stereocenters. The first-order valence-electron chi connectivity index (χ1n) is 4.58. The van der Waals surface area contributed by atoms with Gasteiger partial charge in [0.25, 0.3) is 0 Å². The molecule has 0 aliphatic carbocycles. The highest BCUT2D eigenvalue weighted by Gasteiger charge is 1.97. The summed E-state index contributed by atoms with van der Waals surface area (Å²) in [5.74, 6) is 0. The topological polar surface area (TPSA) is 32.3 Å². The van der Waals surface area contributed by atoms with Crippen LogP contribution in [0.1, 0.15) is 18.1 Å². The fourth-order valence-electron chi connectivity index (χ4n) is 1.34. The number of aryl methyl sites for hydroxylation is 2. The summed E-state index contributed by atoms with van der Waals surface area (Å²) in [6, 6.07) is 6.29. The van der Waals surface area contributed by atoms with Crippen molar-refractivity contribution in [2.24, 2.45) is 0 Å². The number of benzene rings is 1. The van der Waals surface area contributed by atoms with Crippen LogP contribution in [0, 0.1) is 13.8 Å². The number of hydrogen-bond acceptors (Lipinski definition) is 2. The Morgan fingerprint density at radius 2 is 1.77 bits per heavy atom. The number of rotatable bonds is 3. The zero-order valence-electron chi connectivity index (χ0n) is 8.46. The molecule has 0 heterocycles. The van der Waals surface area contributed by atoms with Gasteiger partial charge in [-0.2, -0.15) is 0 Å². The lowest BCUT2D eigenvalue weighted by Crippen LogP contribution is -2.15. The summed E-state index contributed by atoms with van der Waals surface area (Å²) in [6.45, 7) is 6.51. The first kappa shape index (κ1) is 10.1. The SMILES string of the molecule is Cc1cc(C)cc(NC[C@H](C)O)c1. The van der Waals surface area contributed by atoms with Crippen molar-refractivity contribution >= 4 is 5.69 Å². The van der Waals surface area contributed by atoms with Gasteiger partial charge >= 0.3 is 0 Å². The number of anilines is 1. The average molecular weight is 179 g/mol. The molecule has 0 aromatic heterocycles. The van der Waals surface area contributed by atoms with Gasteiger partial charge in [-0.25, -0.2) is 0 Å². The van der Waals surface area contributed by atoms with E-state index >= 15 is 0 Å². The first-order valence-corrected chi connectivity index (χ1v) is 4.58. The van der Waals surface area contributed by atoms with E-state index in [9.17, 15) is 0 Å². The van der Waals surface area contributed by atoms with E-state index in [1.807, 2.05) is 0 Å². The maximum Gasteiger partial charge on any atom is 0.0684 e. The van der Waals surface area contributed by atoms with Gasteiger partial charge in [0.2, 0.25) is 0 Å². The molecule has 0 bridgehead atoms. The molecule has 13 heavy (non-hydrogen) atoms. The third-order valence-corrected chi connectivity index (χ3v) is 1.82. The molecule has 0 saturated carbocycles. The van der Waals surface area contributed by atoms with E-state index in [-0.39, 0.29) is 6.10 Å². The Kier molecular flexibility index (Phi) is 3.32. The Labute approximate surface area is 79.6 Å². The van der Waals surface area contributed by atoms with Gasteiger partial charge in [0.15, 0.2) is 0 Å². The van der Waals surface area contributed by atoms with Gasteiger partial charge in [0.1, 0.15) is 0 Å². The zero-order chi connectivity index (χ0) is 9.84. The van der Waals surface area contributed by atoms with Crippen LogP contribution in [0.15, 0.2) is 18.2 Å². The molecule has 0 radical (unpaired) electrons. The van der Waals surface area contributed by atoms with Crippen molar-refractivity contribution in [3.05, 3.63) is 29.3 Å². The Hall–Kier alpha value is -1.02. The van der Waals surface area contributed by atoms with Crippen LogP contribution in [0.5, 0.6) is 0 Å². The molecule has 2 heteroatoms. The highest BCUT2D eigenvalue weighted by molar-refractivity contribution is 5.48. The summed E-state index contributed by atoms with van der Waals surface area (Å²) in [5, 5.41) is 12.3. The predicted molar refractivity (Wildman–Crippen MR) is 56.1 cm³/mol. The van der Waals surface area contributed by atoms with Gasteiger partial charge in [0.05, 0.1) is 6.10 Å². The van der Waals surface area contributed by atoms with Gasteiger partial charge in [-0.15, -0.1) is 0 Å². The third-order valence-electron chi connectivity index (χ3n) is 1.82. The van der Waals surface area contributed by atoms with Crippen molar-refractivity contribution in [3.8, 4) is 0 Å². The van der Waals surface area contributed by atoms with Gasteiger partial charge in [-0.3, -0.25) is 0 Å². The van der Waals surface area contributed by atoms with Crippen molar-refractivity contribution in [1.29, 1.82) is 0 Å². The van der Waals surface area contributed by atoms with Crippen LogP contribution < -0.4 is 5.32 Å². The number of aliphatic hydroxyl groups is 1. The second-order valence-electron chi connectivity index (χ2n) is 3.61. The van der Waals surface area contributed by atoms with E-state index in [2.05, 4.69) is 37.4 Å². The minimum atomic E-state index is -0.305. The van der Waals surface area contributed by atoms with Crippen molar-refractivity contribution in [2.45, 2.75) is 26.9 Å². The molecule has 1 aromatic rings. The first-order chi connectivity index (χ1) is 6.08. The zero-order valence-corrected chi connectivity index (χ0v) is 8.46. The lowest BCUT2D eigenvalue weighted by molar-refractivity contribution is 0.208. The van der Waals surface area contributed by atoms with E-state index in [1.165, 1.54) is 11.1 Å². The second-order valence-corrected chi connectivity index (χ2v) is 3.61. The lowest BCUT2D eigenvalue weighted by atomic mass is 10.1. The van der Waals surface area contributed by atoms with Crippen LogP contribution in [-0.4, -0.2) is 17.8 Å². The molecular formula is C11H17NO. The predicted octanol–water partition coefficient (Wildman–Crippen LogP) is 2.10. The van der Waals surface area contributed by atoms with E-state index < -0.39 is 0 Å². The summed E-state index contributed by atoms with van der Waals surface area (Å²) >= 11 is 0. The monoisotopic (exact) mass is 179 g/mol. The van der Waals surface area contributed by atoms with Crippen LogP contribution in [0.2, 0.25) is 0 Å². The third kappa shape index (κ3) is 3.47. The highest BCUT2D eigenvalue weighted by Crippen LogP contribution is 2.13. The molecule has 0 aliphatic heterocycles. The number of hydrogen-bond donors (Lipinski definition) is 2. The molecule has 0 spiro atoms. The van der Waals surface area contributed by atoms with Gasteiger partial charge in [-0.05, 0) is 44.0 Å². The van der Waals surface area contributed by atoms with Crippen molar-refractivity contribution in [1.82, 2.24) is 0 Å². The molecule has 2 N–H and O–H groups in total. The second kappa shape index (κ2) is 4.28. The van der Waals surface area contributed by atoms with Crippen LogP contribution in [0.4, 0.5) is 5.69 Å². The fraction of sp³-hybridized carbons (Fsp3) is 0.455.